The Bertz CT molecular complexity index is 835. The minimum absolute atomic E-state index is 0.0403. The van der Waals surface area contributed by atoms with Gasteiger partial charge >= 0.3 is 12.0 Å². The lowest BCUT2D eigenvalue weighted by Gasteiger charge is -2.10. The summed E-state index contributed by atoms with van der Waals surface area (Å²) in [5.41, 5.74) is 5.61. The molecule has 0 saturated heterocycles. The zero-order chi connectivity index (χ0) is 19.3. The van der Waals surface area contributed by atoms with Crippen LogP contribution in [0.4, 0.5) is 4.79 Å². The number of carbonyl (C=O) groups is 3. The topological polar surface area (TPSA) is 130 Å². The molecule has 2 aromatic rings. The molecule has 1 heterocycles. The SMILES string of the molecule is COc1ccc(-c2nc(C(=O)OC(C)C(=O)NC(N)=O)cs2)cc1OC. The third-order valence-corrected chi connectivity index (χ3v) is 4.13. The molecule has 1 aromatic heterocycles. The fraction of sp³-hybridized carbons (Fsp3) is 0.250. The van der Waals surface area contributed by atoms with Gasteiger partial charge in [0, 0.05) is 10.9 Å². The lowest BCUT2D eigenvalue weighted by molar-refractivity contribution is -0.127. The molecule has 0 spiro atoms. The molecule has 0 saturated carbocycles. The molecule has 138 valence electrons. The highest BCUT2D eigenvalue weighted by Gasteiger charge is 2.22. The van der Waals surface area contributed by atoms with E-state index in [2.05, 4.69) is 4.98 Å². The number of hydrogen-bond acceptors (Lipinski definition) is 8. The Morgan fingerprint density at radius 3 is 2.50 bits per heavy atom. The average molecular weight is 379 g/mol. The number of amides is 3. The molecule has 26 heavy (non-hydrogen) atoms. The van der Waals surface area contributed by atoms with Gasteiger partial charge in [0.25, 0.3) is 5.91 Å². The van der Waals surface area contributed by atoms with Crippen molar-refractivity contribution in [1.82, 2.24) is 10.3 Å². The number of esters is 1. The molecule has 0 aliphatic rings. The fourth-order valence-electron chi connectivity index (χ4n) is 1.97. The lowest BCUT2D eigenvalue weighted by atomic mass is 10.2. The van der Waals surface area contributed by atoms with Crippen molar-refractivity contribution in [2.75, 3.05) is 14.2 Å². The maximum atomic E-state index is 12.1. The number of aromatic nitrogens is 1. The third-order valence-electron chi connectivity index (χ3n) is 3.24. The van der Waals surface area contributed by atoms with Gasteiger partial charge in [-0.1, -0.05) is 0 Å². The van der Waals surface area contributed by atoms with Crippen LogP contribution in [-0.4, -0.2) is 43.2 Å². The fourth-order valence-corrected chi connectivity index (χ4v) is 2.75. The van der Waals surface area contributed by atoms with E-state index in [0.717, 1.165) is 5.56 Å². The predicted molar refractivity (Wildman–Crippen MR) is 93.3 cm³/mol. The van der Waals surface area contributed by atoms with Crippen molar-refractivity contribution in [2.24, 2.45) is 5.73 Å². The number of nitrogens with one attached hydrogen (secondary N) is 1. The monoisotopic (exact) mass is 379 g/mol. The van der Waals surface area contributed by atoms with E-state index in [0.29, 0.717) is 16.5 Å². The summed E-state index contributed by atoms with van der Waals surface area (Å²) in [6, 6.07) is 4.21. The van der Waals surface area contributed by atoms with Crippen molar-refractivity contribution in [3.05, 3.63) is 29.3 Å². The van der Waals surface area contributed by atoms with Gasteiger partial charge in [0.15, 0.2) is 23.3 Å². The summed E-state index contributed by atoms with van der Waals surface area (Å²) in [7, 11) is 3.05. The van der Waals surface area contributed by atoms with Crippen LogP contribution in [0, 0.1) is 0 Å². The third kappa shape index (κ3) is 4.48. The van der Waals surface area contributed by atoms with Gasteiger partial charge < -0.3 is 19.9 Å². The molecule has 0 aliphatic carbocycles. The normalized spacial score (nSPS) is 11.3. The molecule has 0 fully saturated rings. The number of imide groups is 1. The molecule has 3 amide bonds. The number of methoxy groups -OCH3 is 2. The van der Waals surface area contributed by atoms with E-state index in [-0.39, 0.29) is 5.69 Å². The largest absolute Gasteiger partial charge is 0.493 e. The van der Waals surface area contributed by atoms with Crippen molar-refractivity contribution in [3.8, 4) is 22.1 Å². The standard InChI is InChI=1S/C16H17N3O6S/c1-8(13(20)19-16(17)22)25-15(21)10-7-26-14(18-10)9-4-5-11(23-2)12(6-9)24-3/h4-8H,1-3H3,(H3,17,19,20,22). The summed E-state index contributed by atoms with van der Waals surface area (Å²) in [6.45, 7) is 1.32. The van der Waals surface area contributed by atoms with E-state index in [9.17, 15) is 14.4 Å². The van der Waals surface area contributed by atoms with Crippen molar-refractivity contribution in [1.29, 1.82) is 0 Å². The molecule has 3 N–H and O–H groups in total. The van der Waals surface area contributed by atoms with Gasteiger partial charge in [-0.25, -0.2) is 14.6 Å². The Morgan fingerprint density at radius 1 is 1.19 bits per heavy atom. The Morgan fingerprint density at radius 2 is 1.88 bits per heavy atom. The van der Waals surface area contributed by atoms with Crippen molar-refractivity contribution < 1.29 is 28.6 Å². The number of urea groups is 1. The Hall–Kier alpha value is -3.14. The Kier molecular flexibility index (Phi) is 6.12. The maximum absolute atomic E-state index is 12.1. The number of thiazole rings is 1. The van der Waals surface area contributed by atoms with E-state index < -0.39 is 24.0 Å². The molecule has 1 aromatic carbocycles. The lowest BCUT2D eigenvalue weighted by Crippen LogP contribution is -2.42. The average Bonchev–Trinajstić information content (AvgIpc) is 3.10. The van der Waals surface area contributed by atoms with Gasteiger partial charge in [-0.15, -0.1) is 11.3 Å². The van der Waals surface area contributed by atoms with E-state index in [1.807, 2.05) is 5.32 Å². The van der Waals surface area contributed by atoms with Gasteiger partial charge in [-0.3, -0.25) is 10.1 Å². The number of hydrogen-bond donors (Lipinski definition) is 2. The predicted octanol–water partition coefficient (Wildman–Crippen LogP) is 1.57. The first-order valence-corrected chi connectivity index (χ1v) is 8.23. The Labute approximate surface area is 153 Å². The van der Waals surface area contributed by atoms with Crippen molar-refractivity contribution in [2.45, 2.75) is 13.0 Å². The van der Waals surface area contributed by atoms with Gasteiger partial charge in [0.1, 0.15) is 5.01 Å². The Balaban J connectivity index is 2.13. The second-order valence-electron chi connectivity index (χ2n) is 5.01. The molecule has 1 atom stereocenters. The van der Waals surface area contributed by atoms with Crippen LogP contribution in [0.15, 0.2) is 23.6 Å². The number of nitrogens with two attached hydrogens (primary N) is 1. The number of rotatable bonds is 6. The summed E-state index contributed by atoms with van der Waals surface area (Å²) in [5.74, 6) is -0.510. The first kappa shape index (κ1) is 19.2. The maximum Gasteiger partial charge on any atom is 0.358 e. The van der Waals surface area contributed by atoms with Crippen LogP contribution < -0.4 is 20.5 Å². The van der Waals surface area contributed by atoms with Crippen LogP contribution in [-0.2, 0) is 9.53 Å². The smallest absolute Gasteiger partial charge is 0.358 e. The van der Waals surface area contributed by atoms with Crippen LogP contribution in [0.5, 0.6) is 11.5 Å². The van der Waals surface area contributed by atoms with Gasteiger partial charge in [-0.05, 0) is 25.1 Å². The number of ether oxygens (including phenoxy) is 3. The van der Waals surface area contributed by atoms with Gasteiger partial charge in [0.2, 0.25) is 0 Å². The molecule has 0 aliphatic heterocycles. The minimum Gasteiger partial charge on any atom is -0.493 e. The van der Waals surface area contributed by atoms with E-state index in [1.165, 1.54) is 37.9 Å². The summed E-state index contributed by atoms with van der Waals surface area (Å²) in [5, 5.41) is 3.90. The molecular weight excluding hydrogens is 362 g/mol. The van der Waals surface area contributed by atoms with Crippen LogP contribution in [0.1, 0.15) is 17.4 Å². The second kappa shape index (κ2) is 8.30. The number of carbonyl (C=O) groups excluding carboxylic acids is 3. The van der Waals surface area contributed by atoms with Crippen LogP contribution in [0.2, 0.25) is 0 Å². The van der Waals surface area contributed by atoms with Crippen LogP contribution >= 0.6 is 11.3 Å². The molecule has 0 radical (unpaired) electrons. The molecular formula is C16H17N3O6S. The number of primary amides is 1. The quantitative estimate of drug-likeness (QED) is 0.729. The summed E-state index contributed by atoms with van der Waals surface area (Å²) >= 11 is 1.23. The number of nitrogens with zero attached hydrogens (tertiary/aromatic N) is 1. The molecule has 2 rings (SSSR count). The van der Waals surface area contributed by atoms with E-state index in [1.54, 1.807) is 18.2 Å². The zero-order valence-corrected chi connectivity index (χ0v) is 15.1. The van der Waals surface area contributed by atoms with Gasteiger partial charge in [0.05, 0.1) is 14.2 Å². The van der Waals surface area contributed by atoms with Crippen LogP contribution in [0.25, 0.3) is 10.6 Å². The molecule has 1 unspecified atom stereocenters. The van der Waals surface area contributed by atoms with Crippen molar-refractivity contribution in [3.63, 3.8) is 0 Å². The highest BCUT2D eigenvalue weighted by atomic mass is 32.1. The molecule has 9 nitrogen and oxygen atoms in total. The second-order valence-corrected chi connectivity index (χ2v) is 5.87. The van der Waals surface area contributed by atoms with Crippen molar-refractivity contribution >= 4 is 29.2 Å². The van der Waals surface area contributed by atoms with E-state index >= 15 is 0 Å². The summed E-state index contributed by atoms with van der Waals surface area (Å²) in [4.78, 5) is 38.5. The summed E-state index contributed by atoms with van der Waals surface area (Å²) in [6.07, 6.45) is -1.19. The first-order chi connectivity index (χ1) is 12.3. The highest BCUT2D eigenvalue weighted by molar-refractivity contribution is 7.13. The summed E-state index contributed by atoms with van der Waals surface area (Å²) < 4.78 is 15.4. The van der Waals surface area contributed by atoms with E-state index in [4.69, 9.17) is 19.9 Å². The molecule has 0 bridgehead atoms. The highest BCUT2D eigenvalue weighted by Crippen LogP contribution is 2.33. The number of benzene rings is 1. The zero-order valence-electron chi connectivity index (χ0n) is 14.3. The van der Waals surface area contributed by atoms with Crippen LogP contribution in [0.3, 0.4) is 0 Å². The van der Waals surface area contributed by atoms with Gasteiger partial charge in [-0.2, -0.15) is 0 Å². The molecule has 10 heteroatoms. The minimum atomic E-state index is -1.19. The first-order valence-electron chi connectivity index (χ1n) is 7.35.